The Morgan fingerprint density at radius 1 is 1.57 bits per heavy atom. The molecule has 8 heteroatoms. The maximum Gasteiger partial charge on any atom is 0.242 e. The van der Waals surface area contributed by atoms with Crippen LogP contribution in [0.2, 0.25) is 0 Å². The predicted octanol–water partition coefficient (Wildman–Crippen LogP) is 0.0505. The number of hydrogen-bond acceptors (Lipinski definition) is 5. The van der Waals surface area contributed by atoms with Gasteiger partial charge < -0.3 is 19.8 Å². The van der Waals surface area contributed by atoms with E-state index in [1.165, 1.54) is 0 Å². The van der Waals surface area contributed by atoms with Crippen LogP contribution in [0.1, 0.15) is 19.0 Å². The van der Waals surface area contributed by atoms with Gasteiger partial charge in [0.1, 0.15) is 5.60 Å². The Balaban J connectivity index is 2.13. The molecule has 1 saturated heterocycles. The van der Waals surface area contributed by atoms with E-state index in [9.17, 15) is 8.42 Å². The number of sulfonamides is 1. The van der Waals surface area contributed by atoms with Crippen molar-refractivity contribution in [2.75, 3.05) is 26.9 Å². The average molecular weight is 317 g/mol. The van der Waals surface area contributed by atoms with Gasteiger partial charge in [-0.1, -0.05) is 0 Å². The minimum absolute atomic E-state index is 0.196. The van der Waals surface area contributed by atoms with Crippen molar-refractivity contribution in [3.63, 3.8) is 0 Å². The van der Waals surface area contributed by atoms with E-state index in [-0.39, 0.29) is 11.4 Å². The van der Waals surface area contributed by atoms with E-state index in [0.717, 1.165) is 5.69 Å². The third-order valence-corrected chi connectivity index (χ3v) is 5.27. The van der Waals surface area contributed by atoms with Crippen molar-refractivity contribution in [1.82, 2.24) is 9.29 Å². The van der Waals surface area contributed by atoms with Crippen molar-refractivity contribution < 1.29 is 17.9 Å². The van der Waals surface area contributed by atoms with E-state index in [2.05, 4.69) is 4.72 Å². The van der Waals surface area contributed by atoms with Gasteiger partial charge in [0.05, 0.1) is 11.5 Å². The van der Waals surface area contributed by atoms with Crippen LogP contribution in [0.4, 0.5) is 0 Å². The zero-order valence-electron chi connectivity index (χ0n) is 12.5. The van der Waals surface area contributed by atoms with Crippen LogP contribution in [0.5, 0.6) is 0 Å². The van der Waals surface area contributed by atoms with Crippen LogP contribution in [0.15, 0.2) is 17.2 Å². The maximum absolute atomic E-state index is 12.4. The molecule has 0 spiro atoms. The van der Waals surface area contributed by atoms with Gasteiger partial charge in [0.25, 0.3) is 0 Å². The molecule has 0 amide bonds. The van der Waals surface area contributed by atoms with E-state index in [0.29, 0.717) is 32.7 Å². The molecule has 1 aromatic rings. The third kappa shape index (κ3) is 3.46. The van der Waals surface area contributed by atoms with Gasteiger partial charge in [0, 0.05) is 51.7 Å². The molecule has 1 unspecified atom stereocenters. The zero-order chi connectivity index (χ0) is 15.5. The summed E-state index contributed by atoms with van der Waals surface area (Å²) in [6, 6.07) is 1.61. The summed E-state index contributed by atoms with van der Waals surface area (Å²) in [5.74, 6) is 0. The third-order valence-electron chi connectivity index (χ3n) is 3.91. The fraction of sp³-hybridized carbons (Fsp3) is 0.692. The highest BCUT2D eigenvalue weighted by Gasteiger charge is 2.36. The van der Waals surface area contributed by atoms with Crippen molar-refractivity contribution in [3.05, 3.63) is 18.0 Å². The molecule has 2 rings (SSSR count). The number of nitrogens with two attached hydrogens (primary N) is 1. The van der Waals surface area contributed by atoms with Gasteiger partial charge in [0.2, 0.25) is 10.0 Å². The molecule has 1 fully saturated rings. The maximum atomic E-state index is 12.4. The standard InChI is InChI=1S/C13H23N3O4S/c1-3-16-8-12(6-11(16)7-14)21(17,18)15-9-13(19-2)4-5-20-10-13/h6,8,15H,3-5,7,9-10,14H2,1-2H3. The van der Waals surface area contributed by atoms with E-state index in [1.54, 1.807) is 19.4 Å². The predicted molar refractivity (Wildman–Crippen MR) is 78.4 cm³/mol. The number of hydrogen-bond donors (Lipinski definition) is 2. The minimum atomic E-state index is -3.58. The van der Waals surface area contributed by atoms with Crippen molar-refractivity contribution in [2.45, 2.75) is 36.9 Å². The Morgan fingerprint density at radius 2 is 2.33 bits per heavy atom. The first-order valence-corrected chi connectivity index (χ1v) is 8.46. The molecule has 1 atom stereocenters. The van der Waals surface area contributed by atoms with Crippen molar-refractivity contribution in [3.8, 4) is 0 Å². The van der Waals surface area contributed by atoms with Crippen LogP contribution in [-0.4, -0.2) is 45.5 Å². The zero-order valence-corrected chi connectivity index (χ0v) is 13.3. The summed E-state index contributed by atoms with van der Waals surface area (Å²) >= 11 is 0. The summed E-state index contributed by atoms with van der Waals surface area (Å²) in [5, 5.41) is 0. The lowest BCUT2D eigenvalue weighted by Gasteiger charge is -2.25. The number of methoxy groups -OCH3 is 1. The molecule has 0 aromatic carbocycles. The monoisotopic (exact) mass is 317 g/mol. The number of rotatable bonds is 7. The Hall–Kier alpha value is -0.930. The molecule has 1 aliphatic heterocycles. The topological polar surface area (TPSA) is 95.6 Å². The van der Waals surface area contributed by atoms with Crippen molar-refractivity contribution in [2.24, 2.45) is 5.73 Å². The van der Waals surface area contributed by atoms with E-state index >= 15 is 0 Å². The highest BCUT2D eigenvalue weighted by atomic mass is 32.2. The van der Waals surface area contributed by atoms with Crippen LogP contribution >= 0.6 is 0 Å². The molecule has 0 bridgehead atoms. The van der Waals surface area contributed by atoms with Gasteiger partial charge in [-0.05, 0) is 13.0 Å². The summed E-state index contributed by atoms with van der Waals surface area (Å²) in [5.41, 5.74) is 5.85. The summed E-state index contributed by atoms with van der Waals surface area (Å²) in [4.78, 5) is 0.231. The fourth-order valence-corrected chi connectivity index (χ4v) is 3.59. The van der Waals surface area contributed by atoms with Crippen molar-refractivity contribution in [1.29, 1.82) is 0 Å². The summed E-state index contributed by atoms with van der Waals surface area (Å²) < 4.78 is 39.9. The second-order valence-corrected chi connectivity index (χ2v) is 6.94. The molecule has 2 heterocycles. The van der Waals surface area contributed by atoms with Crippen molar-refractivity contribution >= 4 is 10.0 Å². The van der Waals surface area contributed by atoms with Crippen LogP contribution in [0.25, 0.3) is 0 Å². The second kappa shape index (κ2) is 6.45. The molecule has 21 heavy (non-hydrogen) atoms. The molecule has 0 radical (unpaired) electrons. The summed E-state index contributed by atoms with van der Waals surface area (Å²) in [6.07, 6.45) is 2.28. The molecule has 120 valence electrons. The summed E-state index contributed by atoms with van der Waals surface area (Å²) in [6.45, 7) is 4.10. The molecular formula is C13H23N3O4S. The van der Waals surface area contributed by atoms with E-state index in [1.807, 2.05) is 11.5 Å². The van der Waals surface area contributed by atoms with Gasteiger partial charge in [0.15, 0.2) is 0 Å². The van der Waals surface area contributed by atoms with Gasteiger partial charge in [-0.2, -0.15) is 0 Å². The lowest BCUT2D eigenvalue weighted by Crippen LogP contribution is -2.44. The molecule has 0 saturated carbocycles. The van der Waals surface area contributed by atoms with Crippen LogP contribution < -0.4 is 10.5 Å². The Labute approximate surface area is 125 Å². The largest absolute Gasteiger partial charge is 0.378 e. The Bertz CT molecular complexity index is 555. The first-order chi connectivity index (χ1) is 9.96. The molecular weight excluding hydrogens is 294 g/mol. The van der Waals surface area contributed by atoms with Gasteiger partial charge in [-0.3, -0.25) is 0 Å². The van der Waals surface area contributed by atoms with E-state index in [4.69, 9.17) is 15.2 Å². The SMILES string of the molecule is CCn1cc(S(=O)(=O)NCC2(OC)CCOC2)cc1CN. The van der Waals surface area contributed by atoms with E-state index < -0.39 is 15.6 Å². The van der Waals surface area contributed by atoms with Crippen LogP contribution in [0.3, 0.4) is 0 Å². The first-order valence-electron chi connectivity index (χ1n) is 6.98. The molecule has 1 aliphatic rings. The number of aromatic nitrogens is 1. The van der Waals surface area contributed by atoms with Gasteiger partial charge in [-0.25, -0.2) is 13.1 Å². The Kier molecular flexibility index (Phi) is 5.05. The first kappa shape index (κ1) is 16.4. The fourth-order valence-electron chi connectivity index (χ4n) is 2.41. The molecule has 0 aliphatic carbocycles. The quantitative estimate of drug-likeness (QED) is 0.741. The second-order valence-electron chi connectivity index (χ2n) is 5.17. The van der Waals surface area contributed by atoms with Gasteiger partial charge in [-0.15, -0.1) is 0 Å². The highest BCUT2D eigenvalue weighted by Crippen LogP contribution is 2.22. The minimum Gasteiger partial charge on any atom is -0.378 e. The van der Waals surface area contributed by atoms with Crippen LogP contribution in [-0.2, 0) is 32.6 Å². The lowest BCUT2D eigenvalue weighted by atomic mass is 10.0. The molecule has 7 nitrogen and oxygen atoms in total. The average Bonchev–Trinajstić information content (AvgIpc) is 3.12. The summed E-state index contributed by atoms with van der Waals surface area (Å²) in [7, 11) is -2.01. The Morgan fingerprint density at radius 3 is 2.81 bits per heavy atom. The van der Waals surface area contributed by atoms with Gasteiger partial charge >= 0.3 is 0 Å². The number of nitrogens with one attached hydrogen (secondary N) is 1. The number of aryl methyl sites for hydroxylation is 1. The molecule has 3 N–H and O–H groups in total. The number of nitrogens with zero attached hydrogens (tertiary/aromatic N) is 1. The smallest absolute Gasteiger partial charge is 0.242 e. The highest BCUT2D eigenvalue weighted by molar-refractivity contribution is 7.89. The number of ether oxygens (including phenoxy) is 2. The normalized spacial score (nSPS) is 22.8. The van der Waals surface area contributed by atoms with Crippen LogP contribution in [0, 0.1) is 0 Å². The lowest BCUT2D eigenvalue weighted by molar-refractivity contribution is -0.0120. The molecule has 1 aromatic heterocycles.